The molecule has 1 unspecified atom stereocenters. The molecule has 1 atom stereocenters. The summed E-state index contributed by atoms with van der Waals surface area (Å²) in [6, 6.07) is 60.8. The fourth-order valence-corrected chi connectivity index (χ4v) is 9.89. The lowest BCUT2D eigenvalue weighted by molar-refractivity contribution is 0.592. The number of amidine groups is 1. The number of fused-ring (bicyclic) bond motifs is 3. The first-order valence-electron chi connectivity index (χ1n) is 17.2. The van der Waals surface area contributed by atoms with Gasteiger partial charge in [0.15, 0.2) is 13.0 Å². The van der Waals surface area contributed by atoms with Crippen molar-refractivity contribution in [1.29, 1.82) is 0 Å². The van der Waals surface area contributed by atoms with E-state index < -0.39 is 7.14 Å². The van der Waals surface area contributed by atoms with Gasteiger partial charge in [0.05, 0.1) is 11.8 Å². The minimum absolute atomic E-state index is 0.230. The second-order valence-corrected chi connectivity index (χ2v) is 15.6. The van der Waals surface area contributed by atoms with Crippen molar-refractivity contribution in [3.05, 3.63) is 199 Å². The molecular formula is C46H33N2O2P. The monoisotopic (exact) mass is 676 g/mol. The highest BCUT2D eigenvalue weighted by molar-refractivity contribution is 7.85. The maximum Gasteiger partial charge on any atom is 0.171 e. The Hall–Kier alpha value is -6.09. The lowest BCUT2D eigenvalue weighted by Crippen LogP contribution is -2.26. The summed E-state index contributed by atoms with van der Waals surface area (Å²) in [5, 5.41) is 4.57. The van der Waals surface area contributed by atoms with Gasteiger partial charge in [0, 0.05) is 38.7 Å². The van der Waals surface area contributed by atoms with E-state index in [-0.39, 0.29) is 6.04 Å². The lowest BCUT2D eigenvalue weighted by atomic mass is 9.91. The van der Waals surface area contributed by atoms with Crippen molar-refractivity contribution in [3.63, 3.8) is 0 Å². The fraction of sp³-hybridized carbons (Fsp3) is 0.0435. The maximum atomic E-state index is 15.3. The molecule has 0 N–H and O–H groups in total. The Morgan fingerprint density at radius 1 is 0.529 bits per heavy atom. The first kappa shape index (κ1) is 30.9. The number of para-hydroxylation sites is 1. The summed E-state index contributed by atoms with van der Waals surface area (Å²) < 4.78 is 21.8. The number of nitrogens with zero attached hydrogens (tertiary/aromatic N) is 2. The van der Waals surface area contributed by atoms with Crippen molar-refractivity contribution >= 4 is 56.5 Å². The third-order valence-corrected chi connectivity index (χ3v) is 12.7. The van der Waals surface area contributed by atoms with Gasteiger partial charge in [-0.2, -0.15) is 0 Å². The molecule has 4 nitrogen and oxygen atoms in total. The summed E-state index contributed by atoms with van der Waals surface area (Å²) >= 11 is 0. The van der Waals surface area contributed by atoms with Gasteiger partial charge in [0.2, 0.25) is 0 Å². The molecule has 2 heterocycles. The van der Waals surface area contributed by atoms with Gasteiger partial charge in [0.1, 0.15) is 11.2 Å². The maximum absolute atomic E-state index is 15.3. The van der Waals surface area contributed by atoms with Crippen LogP contribution in [0, 0.1) is 0 Å². The quantitative estimate of drug-likeness (QED) is 0.158. The Bertz CT molecular complexity index is 2590. The zero-order valence-corrected chi connectivity index (χ0v) is 28.7. The van der Waals surface area contributed by atoms with E-state index in [0.29, 0.717) is 12.3 Å². The highest BCUT2D eigenvalue weighted by Crippen LogP contribution is 2.43. The molecule has 244 valence electrons. The van der Waals surface area contributed by atoms with Gasteiger partial charge in [-0.25, -0.2) is 4.99 Å². The molecule has 1 aliphatic heterocycles. The average molecular weight is 677 g/mol. The first-order chi connectivity index (χ1) is 25.1. The van der Waals surface area contributed by atoms with Gasteiger partial charge >= 0.3 is 0 Å². The minimum Gasteiger partial charge on any atom is -0.456 e. The van der Waals surface area contributed by atoms with Gasteiger partial charge in [-0.15, -0.1) is 0 Å². The molecular weight excluding hydrogens is 643 g/mol. The molecule has 1 aliphatic rings. The lowest BCUT2D eigenvalue weighted by Gasteiger charge is -2.24. The Labute approximate surface area is 296 Å². The predicted molar refractivity (Wildman–Crippen MR) is 212 cm³/mol. The normalized spacial score (nSPS) is 14.7. The summed E-state index contributed by atoms with van der Waals surface area (Å²) in [6.45, 7) is 0. The van der Waals surface area contributed by atoms with Gasteiger partial charge < -0.3 is 8.98 Å². The van der Waals surface area contributed by atoms with E-state index in [4.69, 9.17) is 14.4 Å². The van der Waals surface area contributed by atoms with Crippen LogP contribution in [0.3, 0.4) is 0 Å². The minimum atomic E-state index is -3.18. The molecule has 0 radical (unpaired) electrons. The van der Waals surface area contributed by atoms with Crippen LogP contribution in [0.1, 0.15) is 29.2 Å². The standard InChI is InChI=1S/C46H33N2O2P/c49-51(36-21-9-3-10-22-36,37-23-11-4-12-24-37)38-25-15-20-34(28-38)41-31-42(48-46(47-41)33-18-7-2-8-19-33)35-29-40(32-16-5-1-6-17-32)45-39-26-13-14-27-43(39)50-44(45)30-35/h1-30,42H,31H2. The Balaban J connectivity index is 1.20. The molecule has 0 spiro atoms. The largest absolute Gasteiger partial charge is 0.456 e. The highest BCUT2D eigenvalue weighted by Gasteiger charge is 2.31. The van der Waals surface area contributed by atoms with Gasteiger partial charge in [-0.05, 0) is 46.5 Å². The molecule has 5 heteroatoms. The molecule has 9 rings (SSSR count). The van der Waals surface area contributed by atoms with E-state index >= 15 is 4.57 Å². The summed E-state index contributed by atoms with van der Waals surface area (Å²) in [5.74, 6) is 0.674. The van der Waals surface area contributed by atoms with Crippen molar-refractivity contribution in [2.45, 2.75) is 12.5 Å². The zero-order valence-electron chi connectivity index (χ0n) is 27.8. The molecule has 51 heavy (non-hydrogen) atoms. The Kier molecular flexibility index (Phi) is 7.87. The predicted octanol–water partition coefficient (Wildman–Crippen LogP) is 10.3. The smallest absolute Gasteiger partial charge is 0.171 e. The van der Waals surface area contributed by atoms with Crippen molar-refractivity contribution in [1.82, 2.24) is 0 Å². The molecule has 1 aromatic heterocycles. The number of furan rings is 1. The van der Waals surface area contributed by atoms with E-state index in [2.05, 4.69) is 72.8 Å². The third-order valence-electron chi connectivity index (χ3n) is 9.69. The second-order valence-electron chi connectivity index (χ2n) is 12.8. The summed E-state index contributed by atoms with van der Waals surface area (Å²) in [7, 11) is -3.18. The van der Waals surface area contributed by atoms with Crippen LogP contribution in [-0.2, 0) is 4.57 Å². The Morgan fingerprint density at radius 3 is 1.78 bits per heavy atom. The fourth-order valence-electron chi connectivity index (χ4n) is 7.20. The topological polar surface area (TPSA) is 54.9 Å². The van der Waals surface area contributed by atoms with Crippen LogP contribution >= 0.6 is 7.14 Å². The molecule has 7 aromatic carbocycles. The van der Waals surface area contributed by atoms with Crippen molar-refractivity contribution in [2.75, 3.05) is 0 Å². The SMILES string of the molecule is O=P(c1ccccc1)(c1ccccc1)c1cccc(C2=NC(c3ccccc3)=NC(c3cc(-c4ccccc4)c4c(c3)oc3ccccc34)C2)c1. The van der Waals surface area contributed by atoms with Crippen LogP contribution in [0.15, 0.2) is 196 Å². The molecule has 0 fully saturated rings. The summed E-state index contributed by atoms with van der Waals surface area (Å²) in [5.41, 5.74) is 7.76. The van der Waals surface area contributed by atoms with E-state index in [1.54, 1.807) is 0 Å². The van der Waals surface area contributed by atoms with Crippen LogP contribution in [-0.4, -0.2) is 11.5 Å². The summed E-state index contributed by atoms with van der Waals surface area (Å²) in [6.07, 6.45) is 0.570. The van der Waals surface area contributed by atoms with Crippen LogP contribution in [0.5, 0.6) is 0 Å². The molecule has 0 saturated carbocycles. The average Bonchev–Trinajstić information content (AvgIpc) is 3.60. The number of benzene rings is 7. The van der Waals surface area contributed by atoms with Crippen LogP contribution in [0.25, 0.3) is 33.1 Å². The van der Waals surface area contributed by atoms with Crippen molar-refractivity contribution < 1.29 is 8.98 Å². The van der Waals surface area contributed by atoms with Gasteiger partial charge in [-0.1, -0.05) is 158 Å². The van der Waals surface area contributed by atoms with Crippen molar-refractivity contribution in [3.8, 4) is 11.1 Å². The van der Waals surface area contributed by atoms with E-state index in [1.165, 1.54) is 0 Å². The molecule has 0 amide bonds. The highest BCUT2D eigenvalue weighted by atomic mass is 31.2. The number of aliphatic imine (C=N–C) groups is 2. The number of rotatable bonds is 7. The van der Waals surface area contributed by atoms with Crippen LogP contribution < -0.4 is 15.9 Å². The molecule has 0 bridgehead atoms. The van der Waals surface area contributed by atoms with Crippen LogP contribution in [0.4, 0.5) is 0 Å². The first-order valence-corrected chi connectivity index (χ1v) is 18.9. The van der Waals surface area contributed by atoms with Gasteiger partial charge in [0.25, 0.3) is 0 Å². The molecule has 0 saturated heterocycles. The third kappa shape index (κ3) is 5.64. The number of hydrogen-bond donors (Lipinski definition) is 0. The van der Waals surface area contributed by atoms with E-state index in [0.717, 1.165) is 71.4 Å². The second kappa shape index (κ2) is 13.0. The van der Waals surface area contributed by atoms with E-state index in [9.17, 15) is 0 Å². The molecule has 0 aliphatic carbocycles. The zero-order chi connectivity index (χ0) is 34.2. The van der Waals surface area contributed by atoms with Crippen LogP contribution in [0.2, 0.25) is 0 Å². The number of hydrogen-bond acceptors (Lipinski definition) is 4. The Morgan fingerprint density at radius 2 is 1.10 bits per heavy atom. The van der Waals surface area contributed by atoms with Crippen molar-refractivity contribution in [2.24, 2.45) is 9.98 Å². The molecule has 8 aromatic rings. The van der Waals surface area contributed by atoms with E-state index in [1.807, 2.05) is 109 Å². The summed E-state index contributed by atoms with van der Waals surface area (Å²) in [4.78, 5) is 10.5. The van der Waals surface area contributed by atoms with Gasteiger partial charge in [-0.3, -0.25) is 4.99 Å².